The molecule has 0 bridgehead atoms. The summed E-state index contributed by atoms with van der Waals surface area (Å²) in [5.74, 6) is -0.442. The standard InChI is InChI=1S/C11H16N2O3/c1-7-5-9(11(15)16)6-10(13-7)12-4-3-8(2)14/h5-6,8,14H,3-4H2,1-2H3,(H,12,13)(H,15,16). The van der Waals surface area contributed by atoms with Crippen molar-refractivity contribution in [2.24, 2.45) is 0 Å². The van der Waals surface area contributed by atoms with Gasteiger partial charge in [-0.3, -0.25) is 0 Å². The summed E-state index contributed by atoms with van der Waals surface area (Å²) in [6.45, 7) is 4.01. The van der Waals surface area contributed by atoms with E-state index < -0.39 is 5.97 Å². The number of rotatable bonds is 5. The summed E-state index contributed by atoms with van der Waals surface area (Å²) in [6.07, 6.45) is 0.217. The molecule has 16 heavy (non-hydrogen) atoms. The molecule has 0 fully saturated rings. The second-order valence-electron chi connectivity index (χ2n) is 3.75. The highest BCUT2D eigenvalue weighted by molar-refractivity contribution is 5.88. The largest absolute Gasteiger partial charge is 0.478 e. The molecule has 3 N–H and O–H groups in total. The molecule has 5 nitrogen and oxygen atoms in total. The van der Waals surface area contributed by atoms with Crippen molar-refractivity contribution < 1.29 is 15.0 Å². The lowest BCUT2D eigenvalue weighted by atomic mass is 10.2. The first-order valence-corrected chi connectivity index (χ1v) is 5.13. The van der Waals surface area contributed by atoms with Crippen molar-refractivity contribution in [3.05, 3.63) is 23.4 Å². The van der Waals surface area contributed by atoms with E-state index >= 15 is 0 Å². The normalized spacial score (nSPS) is 12.2. The average Bonchev–Trinajstić information content (AvgIpc) is 2.16. The molecule has 0 amide bonds. The predicted molar refractivity (Wildman–Crippen MR) is 60.7 cm³/mol. The van der Waals surface area contributed by atoms with Crippen LogP contribution in [-0.4, -0.2) is 33.8 Å². The number of anilines is 1. The molecule has 0 saturated carbocycles. The fraction of sp³-hybridized carbons (Fsp3) is 0.455. The van der Waals surface area contributed by atoms with Crippen LogP contribution in [0, 0.1) is 6.92 Å². The Kier molecular flexibility index (Phi) is 4.25. The Morgan fingerprint density at radius 1 is 1.56 bits per heavy atom. The van der Waals surface area contributed by atoms with Gasteiger partial charge in [-0.25, -0.2) is 9.78 Å². The van der Waals surface area contributed by atoms with Gasteiger partial charge < -0.3 is 15.5 Å². The van der Waals surface area contributed by atoms with E-state index in [0.29, 0.717) is 24.5 Å². The molecule has 5 heteroatoms. The van der Waals surface area contributed by atoms with Crippen LogP contribution in [0.1, 0.15) is 29.4 Å². The predicted octanol–water partition coefficient (Wildman–Crippen LogP) is 1.27. The van der Waals surface area contributed by atoms with E-state index in [0.717, 1.165) is 0 Å². The van der Waals surface area contributed by atoms with Gasteiger partial charge in [0.1, 0.15) is 5.82 Å². The van der Waals surface area contributed by atoms with Crippen LogP contribution < -0.4 is 5.32 Å². The van der Waals surface area contributed by atoms with Crippen LogP contribution in [0.15, 0.2) is 12.1 Å². The van der Waals surface area contributed by atoms with Gasteiger partial charge in [0, 0.05) is 12.2 Å². The first-order chi connectivity index (χ1) is 7.49. The number of carboxylic acids is 1. The highest BCUT2D eigenvalue weighted by Gasteiger charge is 2.06. The fourth-order valence-electron chi connectivity index (χ4n) is 1.29. The Hall–Kier alpha value is -1.62. The zero-order valence-corrected chi connectivity index (χ0v) is 9.40. The second kappa shape index (κ2) is 5.46. The number of aryl methyl sites for hydroxylation is 1. The van der Waals surface area contributed by atoms with Crippen molar-refractivity contribution in [1.82, 2.24) is 4.98 Å². The molecule has 1 aromatic rings. The third kappa shape index (κ3) is 3.86. The Bertz CT molecular complexity index is 377. The first kappa shape index (κ1) is 12.4. The summed E-state index contributed by atoms with van der Waals surface area (Å²) in [6, 6.07) is 3.00. The van der Waals surface area contributed by atoms with Gasteiger partial charge in [-0.15, -0.1) is 0 Å². The monoisotopic (exact) mass is 224 g/mol. The number of aromatic nitrogens is 1. The van der Waals surface area contributed by atoms with Gasteiger partial charge in [0.05, 0.1) is 11.7 Å². The number of carboxylic acid groups (broad SMARTS) is 1. The second-order valence-corrected chi connectivity index (χ2v) is 3.75. The van der Waals surface area contributed by atoms with E-state index in [1.807, 2.05) is 0 Å². The Labute approximate surface area is 94.1 Å². The van der Waals surface area contributed by atoms with E-state index in [9.17, 15) is 4.79 Å². The van der Waals surface area contributed by atoms with E-state index in [1.54, 1.807) is 13.8 Å². The lowest BCUT2D eigenvalue weighted by Gasteiger charge is -2.08. The zero-order valence-electron chi connectivity index (χ0n) is 9.40. The smallest absolute Gasteiger partial charge is 0.335 e. The zero-order chi connectivity index (χ0) is 12.1. The van der Waals surface area contributed by atoms with Crippen LogP contribution in [0.25, 0.3) is 0 Å². The summed E-state index contributed by atoms with van der Waals surface area (Å²) in [5.41, 5.74) is 0.867. The lowest BCUT2D eigenvalue weighted by Crippen LogP contribution is -2.11. The van der Waals surface area contributed by atoms with Crippen LogP contribution in [-0.2, 0) is 0 Å². The van der Waals surface area contributed by atoms with Crippen LogP contribution in [0.4, 0.5) is 5.82 Å². The third-order valence-corrected chi connectivity index (χ3v) is 2.07. The molecule has 1 unspecified atom stereocenters. The molecule has 1 atom stereocenters. The third-order valence-electron chi connectivity index (χ3n) is 2.07. The van der Waals surface area contributed by atoms with E-state index in [4.69, 9.17) is 10.2 Å². The minimum Gasteiger partial charge on any atom is -0.478 e. The summed E-state index contributed by atoms with van der Waals surface area (Å²) in [5, 5.41) is 20.9. The van der Waals surface area contributed by atoms with Crippen LogP contribution >= 0.6 is 0 Å². The maximum Gasteiger partial charge on any atom is 0.335 e. The van der Waals surface area contributed by atoms with Crippen molar-refractivity contribution in [2.45, 2.75) is 26.4 Å². The number of pyridine rings is 1. The molecule has 0 saturated heterocycles. The van der Waals surface area contributed by atoms with Gasteiger partial charge in [0.15, 0.2) is 0 Å². The quantitative estimate of drug-likeness (QED) is 0.701. The van der Waals surface area contributed by atoms with Crippen molar-refractivity contribution in [3.63, 3.8) is 0 Å². The summed E-state index contributed by atoms with van der Waals surface area (Å²) >= 11 is 0. The maximum absolute atomic E-state index is 10.8. The highest BCUT2D eigenvalue weighted by atomic mass is 16.4. The molecule has 1 aromatic heterocycles. The average molecular weight is 224 g/mol. The van der Waals surface area contributed by atoms with Gasteiger partial charge in [-0.05, 0) is 32.4 Å². The molecule has 1 heterocycles. The van der Waals surface area contributed by atoms with Crippen LogP contribution in [0.2, 0.25) is 0 Å². The molecule has 0 aromatic carbocycles. The summed E-state index contributed by atoms with van der Waals surface area (Å²) in [7, 11) is 0. The number of hydrogen-bond acceptors (Lipinski definition) is 4. The van der Waals surface area contributed by atoms with Crippen molar-refractivity contribution >= 4 is 11.8 Å². The van der Waals surface area contributed by atoms with Gasteiger partial charge in [-0.2, -0.15) is 0 Å². The lowest BCUT2D eigenvalue weighted by molar-refractivity contribution is 0.0696. The van der Waals surface area contributed by atoms with Gasteiger partial charge >= 0.3 is 5.97 Å². The van der Waals surface area contributed by atoms with E-state index in [2.05, 4.69) is 10.3 Å². The van der Waals surface area contributed by atoms with Gasteiger partial charge in [0.2, 0.25) is 0 Å². The SMILES string of the molecule is Cc1cc(C(=O)O)cc(NCCC(C)O)n1. The molecular formula is C11H16N2O3. The molecule has 88 valence electrons. The fourth-order valence-corrected chi connectivity index (χ4v) is 1.29. The molecule has 1 rings (SSSR count). The Balaban J connectivity index is 2.69. The molecule has 0 radical (unpaired) electrons. The van der Waals surface area contributed by atoms with E-state index in [-0.39, 0.29) is 11.7 Å². The molecule has 0 aliphatic heterocycles. The minimum atomic E-state index is -0.968. The van der Waals surface area contributed by atoms with Crippen LogP contribution in [0.5, 0.6) is 0 Å². The maximum atomic E-state index is 10.8. The van der Waals surface area contributed by atoms with E-state index in [1.165, 1.54) is 12.1 Å². The summed E-state index contributed by atoms with van der Waals surface area (Å²) < 4.78 is 0. The number of aliphatic hydroxyl groups is 1. The number of carbonyl (C=O) groups is 1. The van der Waals surface area contributed by atoms with Crippen molar-refractivity contribution in [1.29, 1.82) is 0 Å². The number of nitrogens with zero attached hydrogens (tertiary/aromatic N) is 1. The number of nitrogens with one attached hydrogen (secondary N) is 1. The number of hydrogen-bond donors (Lipinski definition) is 3. The van der Waals surface area contributed by atoms with Crippen LogP contribution in [0.3, 0.4) is 0 Å². The highest BCUT2D eigenvalue weighted by Crippen LogP contribution is 2.10. The molecule has 0 aliphatic rings. The number of aromatic carboxylic acids is 1. The Morgan fingerprint density at radius 3 is 2.81 bits per heavy atom. The Morgan fingerprint density at radius 2 is 2.25 bits per heavy atom. The first-order valence-electron chi connectivity index (χ1n) is 5.13. The topological polar surface area (TPSA) is 82.5 Å². The van der Waals surface area contributed by atoms with Crippen molar-refractivity contribution in [3.8, 4) is 0 Å². The minimum absolute atomic E-state index is 0.215. The number of aliphatic hydroxyl groups excluding tert-OH is 1. The molecular weight excluding hydrogens is 208 g/mol. The van der Waals surface area contributed by atoms with Gasteiger partial charge in [0.25, 0.3) is 0 Å². The molecule has 0 spiro atoms. The van der Waals surface area contributed by atoms with Crippen molar-refractivity contribution in [2.75, 3.05) is 11.9 Å². The molecule has 0 aliphatic carbocycles. The van der Waals surface area contributed by atoms with Gasteiger partial charge in [-0.1, -0.05) is 0 Å². The summed E-state index contributed by atoms with van der Waals surface area (Å²) in [4.78, 5) is 14.9.